The molecule has 2 heterocycles. The summed E-state index contributed by atoms with van der Waals surface area (Å²) in [5, 5.41) is 0.850. The Hall–Kier alpha value is -2.34. The molecule has 1 aliphatic rings. The molecular formula is C16H17NO5. The van der Waals surface area contributed by atoms with Crippen LogP contribution in [0.15, 0.2) is 34.7 Å². The van der Waals surface area contributed by atoms with E-state index in [1.54, 1.807) is 19.2 Å². The number of amides is 1. The van der Waals surface area contributed by atoms with Gasteiger partial charge >= 0.3 is 5.97 Å². The van der Waals surface area contributed by atoms with Gasteiger partial charge in [-0.05, 0) is 12.1 Å². The topological polar surface area (TPSA) is 69.0 Å². The van der Waals surface area contributed by atoms with Crippen molar-refractivity contribution in [2.45, 2.75) is 18.6 Å². The van der Waals surface area contributed by atoms with Crippen molar-refractivity contribution in [1.29, 1.82) is 0 Å². The number of likely N-dealkylation sites (tertiary alicyclic amines) is 1. The van der Waals surface area contributed by atoms with Gasteiger partial charge in [-0.3, -0.25) is 4.79 Å². The summed E-state index contributed by atoms with van der Waals surface area (Å²) in [5.41, 5.74) is 0.642. The predicted molar refractivity (Wildman–Crippen MR) is 78.5 cm³/mol. The number of furan rings is 1. The maximum atomic E-state index is 12.7. The summed E-state index contributed by atoms with van der Waals surface area (Å²) in [6.07, 6.45) is 0.243. The highest BCUT2D eigenvalue weighted by Gasteiger charge is 2.41. The van der Waals surface area contributed by atoms with Gasteiger partial charge in [0.05, 0.1) is 13.2 Å². The summed E-state index contributed by atoms with van der Waals surface area (Å²) in [6.45, 7) is 0.339. The van der Waals surface area contributed by atoms with Gasteiger partial charge in [0.15, 0.2) is 5.76 Å². The Balaban J connectivity index is 1.90. The van der Waals surface area contributed by atoms with Gasteiger partial charge in [0.2, 0.25) is 0 Å². The highest BCUT2D eigenvalue weighted by atomic mass is 16.5. The monoisotopic (exact) mass is 303 g/mol. The molecule has 0 spiro atoms. The van der Waals surface area contributed by atoms with Crippen molar-refractivity contribution in [3.8, 4) is 0 Å². The van der Waals surface area contributed by atoms with Gasteiger partial charge in [-0.25, -0.2) is 4.79 Å². The lowest BCUT2D eigenvalue weighted by Gasteiger charge is -2.21. The molecule has 0 N–H and O–H groups in total. The molecule has 2 atom stereocenters. The minimum absolute atomic E-state index is 0.183. The van der Waals surface area contributed by atoms with E-state index in [0.29, 0.717) is 18.5 Å². The van der Waals surface area contributed by atoms with Crippen LogP contribution >= 0.6 is 0 Å². The number of benzene rings is 1. The lowest BCUT2D eigenvalue weighted by molar-refractivity contribution is -0.145. The standard InChI is InChI=1S/C16H17NO5/c1-20-11-8-12(16(19)21-2)17(9-11)15(18)14-7-10-5-3-4-6-13(10)22-14/h3-7,11-12H,8-9H2,1-2H3/t11-,12+/m1/s1. The zero-order valence-corrected chi connectivity index (χ0v) is 12.4. The molecule has 0 aliphatic carbocycles. The number of esters is 1. The highest BCUT2D eigenvalue weighted by Crippen LogP contribution is 2.26. The van der Waals surface area contributed by atoms with Crippen LogP contribution in [0.3, 0.4) is 0 Å². The summed E-state index contributed by atoms with van der Waals surface area (Å²) in [7, 11) is 2.88. The second kappa shape index (κ2) is 5.81. The summed E-state index contributed by atoms with van der Waals surface area (Å²) < 4.78 is 15.7. The average molecular weight is 303 g/mol. The number of methoxy groups -OCH3 is 2. The minimum Gasteiger partial charge on any atom is -0.467 e. The number of hydrogen-bond donors (Lipinski definition) is 0. The van der Waals surface area contributed by atoms with E-state index in [0.717, 1.165) is 5.39 Å². The van der Waals surface area contributed by atoms with E-state index < -0.39 is 12.0 Å². The molecule has 1 aromatic carbocycles. The summed E-state index contributed by atoms with van der Waals surface area (Å²) >= 11 is 0. The van der Waals surface area contributed by atoms with Crippen molar-refractivity contribution >= 4 is 22.8 Å². The van der Waals surface area contributed by atoms with Crippen LogP contribution < -0.4 is 0 Å². The third-order valence-electron chi connectivity index (χ3n) is 3.97. The van der Waals surface area contributed by atoms with Crippen molar-refractivity contribution in [2.75, 3.05) is 20.8 Å². The van der Waals surface area contributed by atoms with Crippen molar-refractivity contribution in [1.82, 2.24) is 4.90 Å². The van der Waals surface area contributed by atoms with Gasteiger partial charge < -0.3 is 18.8 Å². The maximum Gasteiger partial charge on any atom is 0.328 e. The molecule has 0 radical (unpaired) electrons. The predicted octanol–water partition coefficient (Wildman–Crippen LogP) is 1.84. The fourth-order valence-electron chi connectivity index (χ4n) is 2.78. The van der Waals surface area contributed by atoms with Gasteiger partial charge in [-0.15, -0.1) is 0 Å². The van der Waals surface area contributed by atoms with Crippen molar-refractivity contribution < 1.29 is 23.5 Å². The molecule has 116 valence electrons. The molecular weight excluding hydrogens is 286 g/mol. The second-order valence-electron chi connectivity index (χ2n) is 5.24. The zero-order chi connectivity index (χ0) is 15.7. The first-order chi connectivity index (χ1) is 10.6. The molecule has 6 heteroatoms. The Morgan fingerprint density at radius 3 is 2.73 bits per heavy atom. The van der Waals surface area contributed by atoms with Crippen LogP contribution in [0, 0.1) is 0 Å². The van der Waals surface area contributed by atoms with Gasteiger partial charge in [0.25, 0.3) is 5.91 Å². The van der Waals surface area contributed by atoms with Crippen LogP contribution in [0.5, 0.6) is 0 Å². The molecule has 1 aliphatic heterocycles. The van der Waals surface area contributed by atoms with E-state index in [1.807, 2.05) is 18.2 Å². The Morgan fingerprint density at radius 2 is 2.05 bits per heavy atom. The summed E-state index contributed by atoms with van der Waals surface area (Å²) in [4.78, 5) is 26.0. The van der Waals surface area contributed by atoms with Gasteiger partial charge in [0, 0.05) is 25.5 Å². The number of para-hydroxylation sites is 1. The fourth-order valence-corrected chi connectivity index (χ4v) is 2.78. The first kappa shape index (κ1) is 14.6. The van der Waals surface area contributed by atoms with Crippen molar-refractivity contribution in [3.05, 3.63) is 36.1 Å². The van der Waals surface area contributed by atoms with Crippen LogP contribution in [-0.2, 0) is 14.3 Å². The Bertz CT molecular complexity index is 674. The van der Waals surface area contributed by atoms with Gasteiger partial charge in [-0.2, -0.15) is 0 Å². The first-order valence-electron chi connectivity index (χ1n) is 7.04. The SMILES string of the molecule is COC(=O)[C@@H]1C[C@@H](OC)CN1C(=O)c1cc2ccccc2o1. The molecule has 22 heavy (non-hydrogen) atoms. The largest absolute Gasteiger partial charge is 0.467 e. The zero-order valence-electron chi connectivity index (χ0n) is 12.4. The number of fused-ring (bicyclic) bond motifs is 1. The van der Waals surface area contributed by atoms with Crippen molar-refractivity contribution in [2.24, 2.45) is 0 Å². The Labute approximate surface area is 127 Å². The van der Waals surface area contributed by atoms with Crippen LogP contribution in [0.1, 0.15) is 17.0 Å². The number of rotatable bonds is 3. The molecule has 6 nitrogen and oxygen atoms in total. The second-order valence-corrected chi connectivity index (χ2v) is 5.24. The van der Waals surface area contributed by atoms with E-state index >= 15 is 0 Å². The number of nitrogens with zero attached hydrogens (tertiary/aromatic N) is 1. The van der Waals surface area contributed by atoms with Gasteiger partial charge in [-0.1, -0.05) is 18.2 Å². The quantitative estimate of drug-likeness (QED) is 0.809. The third kappa shape index (κ3) is 2.46. The lowest BCUT2D eigenvalue weighted by Crippen LogP contribution is -2.41. The molecule has 0 unspecified atom stereocenters. The van der Waals surface area contributed by atoms with E-state index in [4.69, 9.17) is 13.9 Å². The van der Waals surface area contributed by atoms with Gasteiger partial charge in [0.1, 0.15) is 11.6 Å². The molecule has 1 fully saturated rings. The van der Waals surface area contributed by atoms with E-state index in [2.05, 4.69) is 0 Å². The summed E-state index contributed by atoms with van der Waals surface area (Å²) in [5.74, 6) is -0.554. The number of carbonyl (C=O) groups is 2. The van der Waals surface area contributed by atoms with Crippen LogP contribution in [0.2, 0.25) is 0 Å². The Kier molecular flexibility index (Phi) is 3.85. The van der Waals surface area contributed by atoms with Crippen LogP contribution in [0.25, 0.3) is 11.0 Å². The van der Waals surface area contributed by atoms with E-state index in [9.17, 15) is 9.59 Å². The smallest absolute Gasteiger partial charge is 0.328 e. The molecule has 1 amide bonds. The average Bonchev–Trinajstić information content (AvgIpc) is 3.17. The summed E-state index contributed by atoms with van der Waals surface area (Å²) in [6, 6.07) is 8.43. The molecule has 0 bridgehead atoms. The number of hydrogen-bond acceptors (Lipinski definition) is 5. The van der Waals surface area contributed by atoms with Crippen LogP contribution in [-0.4, -0.2) is 49.7 Å². The van der Waals surface area contributed by atoms with Crippen LogP contribution in [0.4, 0.5) is 0 Å². The minimum atomic E-state index is -0.643. The highest BCUT2D eigenvalue weighted by molar-refractivity contribution is 5.98. The molecule has 1 aromatic heterocycles. The maximum absolute atomic E-state index is 12.7. The third-order valence-corrected chi connectivity index (χ3v) is 3.97. The molecule has 1 saturated heterocycles. The normalized spacial score (nSPS) is 21.3. The van der Waals surface area contributed by atoms with E-state index in [1.165, 1.54) is 12.0 Å². The Morgan fingerprint density at radius 1 is 1.27 bits per heavy atom. The van der Waals surface area contributed by atoms with Crippen molar-refractivity contribution in [3.63, 3.8) is 0 Å². The van der Waals surface area contributed by atoms with E-state index in [-0.39, 0.29) is 17.8 Å². The molecule has 2 aromatic rings. The molecule has 3 rings (SSSR count). The number of carbonyl (C=O) groups excluding carboxylic acids is 2. The first-order valence-corrected chi connectivity index (χ1v) is 7.04. The number of ether oxygens (including phenoxy) is 2. The lowest BCUT2D eigenvalue weighted by atomic mass is 10.2. The molecule has 0 saturated carbocycles. The fraction of sp³-hybridized carbons (Fsp3) is 0.375.